The van der Waals surface area contributed by atoms with E-state index in [4.69, 9.17) is 29.9 Å². The number of nitrogens with one attached hydrogen (secondary N) is 1. The summed E-state index contributed by atoms with van der Waals surface area (Å²) in [5.74, 6) is 1.93. The van der Waals surface area contributed by atoms with Gasteiger partial charge in [-0.1, -0.05) is 16.8 Å². The van der Waals surface area contributed by atoms with E-state index < -0.39 is 7.60 Å². The lowest BCUT2D eigenvalue weighted by Gasteiger charge is -2.23. The van der Waals surface area contributed by atoms with Crippen LogP contribution < -0.4 is 10.1 Å². The summed E-state index contributed by atoms with van der Waals surface area (Å²) in [5.41, 5.74) is 2.55. The van der Waals surface area contributed by atoms with E-state index in [2.05, 4.69) is 15.5 Å². The molecule has 1 aliphatic carbocycles. The first-order valence-corrected chi connectivity index (χ1v) is 14.8. The first-order valence-electron chi connectivity index (χ1n) is 12.8. The Kier molecular flexibility index (Phi) is 9.30. The molecule has 0 aliphatic heterocycles. The zero-order valence-electron chi connectivity index (χ0n) is 21.8. The summed E-state index contributed by atoms with van der Waals surface area (Å²) in [4.78, 5) is 4.53. The van der Waals surface area contributed by atoms with Crippen molar-refractivity contribution in [2.45, 2.75) is 58.7 Å². The Bertz CT molecular complexity index is 1210. The molecular weight excluding hydrogens is 513 g/mol. The lowest BCUT2D eigenvalue weighted by Crippen LogP contribution is -2.14. The first-order chi connectivity index (χ1) is 17.8. The SMILES string of the molecule is CCOP(=O)(OCC)C1CCC(CNc2ccc(-c3nc(-c4ccc(OC(C)C)c(Cl)c4)no3)cc2)C1. The van der Waals surface area contributed by atoms with Gasteiger partial charge in [0.2, 0.25) is 5.82 Å². The van der Waals surface area contributed by atoms with Crippen LogP contribution in [0.3, 0.4) is 0 Å². The summed E-state index contributed by atoms with van der Waals surface area (Å²) >= 11 is 6.36. The Morgan fingerprint density at radius 3 is 2.43 bits per heavy atom. The second-order valence-electron chi connectivity index (χ2n) is 9.40. The summed E-state index contributed by atoms with van der Waals surface area (Å²) < 4.78 is 35.4. The van der Waals surface area contributed by atoms with E-state index in [1.54, 1.807) is 6.07 Å². The van der Waals surface area contributed by atoms with Crippen LogP contribution in [0, 0.1) is 5.92 Å². The molecule has 10 heteroatoms. The normalized spacial score (nSPS) is 17.9. The Hall–Kier alpha value is -2.38. The van der Waals surface area contributed by atoms with Gasteiger partial charge >= 0.3 is 7.60 Å². The smallest absolute Gasteiger partial charge is 0.333 e. The second-order valence-corrected chi connectivity index (χ2v) is 12.1. The van der Waals surface area contributed by atoms with Crippen LogP contribution in [0.4, 0.5) is 5.69 Å². The predicted octanol–water partition coefficient (Wildman–Crippen LogP) is 7.69. The number of anilines is 1. The molecule has 37 heavy (non-hydrogen) atoms. The van der Waals surface area contributed by atoms with Crippen LogP contribution in [0.2, 0.25) is 5.02 Å². The van der Waals surface area contributed by atoms with Crippen molar-refractivity contribution in [3.63, 3.8) is 0 Å². The molecule has 1 N–H and O–H groups in total. The Morgan fingerprint density at radius 1 is 1.08 bits per heavy atom. The number of halogens is 1. The molecule has 0 amide bonds. The summed E-state index contributed by atoms with van der Waals surface area (Å²) in [7, 11) is -3.04. The topological polar surface area (TPSA) is 95.7 Å². The van der Waals surface area contributed by atoms with E-state index in [0.29, 0.717) is 41.6 Å². The fraction of sp³-hybridized carbons (Fsp3) is 0.481. The minimum atomic E-state index is -3.04. The maximum absolute atomic E-state index is 13.1. The summed E-state index contributed by atoms with van der Waals surface area (Å²) in [6.07, 6.45) is 2.73. The molecule has 2 aromatic carbocycles. The zero-order valence-corrected chi connectivity index (χ0v) is 23.4. The number of hydrogen-bond donors (Lipinski definition) is 1. The summed E-state index contributed by atoms with van der Waals surface area (Å²) in [6, 6.07) is 13.3. The fourth-order valence-electron chi connectivity index (χ4n) is 4.57. The van der Waals surface area contributed by atoms with Gasteiger partial charge < -0.3 is 23.6 Å². The molecule has 2 unspecified atom stereocenters. The van der Waals surface area contributed by atoms with Crippen molar-refractivity contribution in [1.29, 1.82) is 0 Å². The number of ether oxygens (including phenoxy) is 1. The van der Waals surface area contributed by atoms with Gasteiger partial charge in [0.1, 0.15) is 5.75 Å². The van der Waals surface area contributed by atoms with Gasteiger partial charge in [-0.3, -0.25) is 4.57 Å². The molecule has 1 heterocycles. The number of aromatic nitrogens is 2. The molecule has 3 aromatic rings. The highest BCUT2D eigenvalue weighted by Gasteiger charge is 2.40. The molecule has 0 radical (unpaired) electrons. The van der Waals surface area contributed by atoms with Gasteiger partial charge in [-0.2, -0.15) is 4.98 Å². The molecule has 1 aromatic heterocycles. The zero-order chi connectivity index (χ0) is 26.4. The Morgan fingerprint density at radius 2 is 1.78 bits per heavy atom. The van der Waals surface area contributed by atoms with Crippen LogP contribution in [0.25, 0.3) is 22.8 Å². The van der Waals surface area contributed by atoms with Crippen LogP contribution in [0.5, 0.6) is 5.75 Å². The maximum Gasteiger partial charge on any atom is 0.333 e. The van der Waals surface area contributed by atoms with Crippen molar-refractivity contribution >= 4 is 24.9 Å². The minimum absolute atomic E-state index is 0.0258. The van der Waals surface area contributed by atoms with Gasteiger partial charge in [0.25, 0.3) is 5.89 Å². The minimum Gasteiger partial charge on any atom is -0.489 e. The number of benzene rings is 2. The van der Waals surface area contributed by atoms with E-state index in [-0.39, 0.29) is 11.8 Å². The lowest BCUT2D eigenvalue weighted by molar-refractivity contribution is 0.211. The molecule has 8 nitrogen and oxygen atoms in total. The molecule has 4 rings (SSSR count). The van der Waals surface area contributed by atoms with Crippen molar-refractivity contribution < 1.29 is 22.9 Å². The molecule has 0 bridgehead atoms. The van der Waals surface area contributed by atoms with E-state index in [1.165, 1.54) is 0 Å². The monoisotopic (exact) mass is 547 g/mol. The van der Waals surface area contributed by atoms with E-state index in [0.717, 1.165) is 42.6 Å². The molecule has 200 valence electrons. The predicted molar refractivity (Wildman–Crippen MR) is 146 cm³/mol. The number of nitrogens with zero attached hydrogens (tertiary/aromatic N) is 2. The summed E-state index contributed by atoms with van der Waals surface area (Å²) in [6.45, 7) is 9.22. The van der Waals surface area contributed by atoms with Gasteiger partial charge in [-0.25, -0.2) is 0 Å². The molecule has 1 saturated carbocycles. The van der Waals surface area contributed by atoms with E-state index in [9.17, 15) is 4.57 Å². The van der Waals surface area contributed by atoms with Crippen molar-refractivity contribution in [1.82, 2.24) is 10.1 Å². The summed E-state index contributed by atoms with van der Waals surface area (Å²) in [5, 5.41) is 8.11. The quantitative estimate of drug-likeness (QED) is 0.230. The van der Waals surface area contributed by atoms with Crippen molar-refractivity contribution in [3.8, 4) is 28.6 Å². The third-order valence-electron chi connectivity index (χ3n) is 6.28. The highest BCUT2D eigenvalue weighted by Crippen LogP contribution is 2.59. The van der Waals surface area contributed by atoms with Crippen LogP contribution >= 0.6 is 19.2 Å². The first kappa shape index (κ1) is 27.6. The highest BCUT2D eigenvalue weighted by molar-refractivity contribution is 7.54. The number of rotatable bonds is 12. The van der Waals surface area contributed by atoms with Crippen LogP contribution in [0.15, 0.2) is 47.0 Å². The number of hydrogen-bond acceptors (Lipinski definition) is 8. The average Bonchev–Trinajstić information content (AvgIpc) is 3.55. The lowest BCUT2D eigenvalue weighted by atomic mass is 10.1. The van der Waals surface area contributed by atoms with Gasteiger partial charge in [-0.15, -0.1) is 0 Å². The fourth-order valence-corrected chi connectivity index (χ4v) is 7.03. The largest absolute Gasteiger partial charge is 0.489 e. The van der Waals surface area contributed by atoms with Crippen LogP contribution in [-0.4, -0.2) is 41.7 Å². The maximum atomic E-state index is 13.1. The molecular formula is C27H35ClN3O5P. The van der Waals surface area contributed by atoms with Crippen molar-refractivity contribution in [2.75, 3.05) is 25.1 Å². The van der Waals surface area contributed by atoms with Gasteiger partial charge in [0.05, 0.1) is 30.0 Å². The molecule has 0 spiro atoms. The average molecular weight is 548 g/mol. The van der Waals surface area contributed by atoms with Crippen molar-refractivity contribution in [3.05, 3.63) is 47.5 Å². The van der Waals surface area contributed by atoms with Gasteiger partial charge in [0.15, 0.2) is 0 Å². The van der Waals surface area contributed by atoms with Gasteiger partial charge in [-0.05, 0) is 95.3 Å². The second kappa shape index (κ2) is 12.4. The standard InChI is InChI=1S/C27H35ClN3O5P/c1-5-33-37(32,34-6-2)23-13-7-19(15-23)17-29-22-11-8-20(9-12-22)27-30-26(31-36-27)21-10-14-25(24(28)16-21)35-18(3)4/h8-12,14,16,18-19,23,29H,5-7,13,15,17H2,1-4H3. The highest BCUT2D eigenvalue weighted by atomic mass is 35.5. The molecule has 1 fully saturated rings. The van der Waals surface area contributed by atoms with E-state index in [1.807, 2.05) is 64.1 Å². The Labute approximate surface area is 223 Å². The third kappa shape index (κ3) is 6.94. The van der Waals surface area contributed by atoms with Crippen LogP contribution in [0.1, 0.15) is 47.0 Å². The van der Waals surface area contributed by atoms with E-state index >= 15 is 0 Å². The van der Waals surface area contributed by atoms with Crippen LogP contribution in [-0.2, 0) is 13.6 Å². The molecule has 0 saturated heterocycles. The third-order valence-corrected chi connectivity index (χ3v) is 9.18. The molecule has 1 aliphatic rings. The molecule has 2 atom stereocenters. The Balaban J connectivity index is 1.34. The van der Waals surface area contributed by atoms with Gasteiger partial charge in [0, 0.05) is 23.4 Å². The van der Waals surface area contributed by atoms with Crippen molar-refractivity contribution in [2.24, 2.45) is 5.92 Å².